The van der Waals surface area contributed by atoms with Gasteiger partial charge in [0.05, 0.1) is 19.1 Å². The number of anilines is 1. The molecule has 1 amide bonds. The van der Waals surface area contributed by atoms with E-state index in [0.29, 0.717) is 30.3 Å². The second-order valence-corrected chi connectivity index (χ2v) is 8.02. The van der Waals surface area contributed by atoms with Crippen molar-refractivity contribution in [1.29, 1.82) is 0 Å². The summed E-state index contributed by atoms with van der Waals surface area (Å²) in [6.07, 6.45) is 2.98. The van der Waals surface area contributed by atoms with Crippen molar-refractivity contribution in [3.05, 3.63) is 54.1 Å². The van der Waals surface area contributed by atoms with E-state index < -0.39 is 10.0 Å². The Hall–Kier alpha value is -2.84. The maximum atomic E-state index is 12.6. The van der Waals surface area contributed by atoms with Gasteiger partial charge in [0.2, 0.25) is 15.9 Å². The van der Waals surface area contributed by atoms with Gasteiger partial charge in [-0.15, -0.1) is 0 Å². The number of ether oxygens (including phenoxy) is 2. The van der Waals surface area contributed by atoms with Crippen LogP contribution in [0.25, 0.3) is 6.08 Å². The summed E-state index contributed by atoms with van der Waals surface area (Å²) in [4.78, 5) is 12.4. The lowest BCUT2D eigenvalue weighted by molar-refractivity contribution is -0.111. The Labute approximate surface area is 172 Å². The average Bonchev–Trinajstić information content (AvgIpc) is 2.72. The van der Waals surface area contributed by atoms with Crippen molar-refractivity contribution >= 4 is 27.7 Å². The number of methoxy groups -OCH3 is 2. The first-order valence-electron chi connectivity index (χ1n) is 9.16. The van der Waals surface area contributed by atoms with Crippen LogP contribution in [0.15, 0.2) is 53.4 Å². The van der Waals surface area contributed by atoms with Gasteiger partial charge in [-0.3, -0.25) is 4.79 Å². The van der Waals surface area contributed by atoms with Crippen molar-refractivity contribution in [1.82, 2.24) is 4.31 Å². The molecule has 0 atom stereocenters. The molecule has 0 bridgehead atoms. The monoisotopic (exact) mass is 418 g/mol. The quantitative estimate of drug-likeness (QED) is 0.631. The number of nitrogens with zero attached hydrogens (tertiary/aromatic N) is 1. The second kappa shape index (κ2) is 10.1. The maximum absolute atomic E-state index is 12.6. The third-order valence-electron chi connectivity index (χ3n) is 4.25. The second-order valence-electron chi connectivity index (χ2n) is 6.09. The number of amides is 1. The van der Waals surface area contributed by atoms with E-state index in [1.807, 2.05) is 0 Å². The Kier molecular flexibility index (Phi) is 7.81. The first-order chi connectivity index (χ1) is 13.8. The van der Waals surface area contributed by atoms with Gasteiger partial charge in [-0.05, 0) is 42.0 Å². The molecule has 0 aliphatic carbocycles. The molecule has 0 aliphatic rings. The summed E-state index contributed by atoms with van der Waals surface area (Å²) in [6.45, 7) is 4.32. The lowest BCUT2D eigenvalue weighted by Gasteiger charge is -2.18. The molecule has 0 aromatic heterocycles. The third-order valence-corrected chi connectivity index (χ3v) is 6.29. The predicted molar refractivity (Wildman–Crippen MR) is 114 cm³/mol. The van der Waals surface area contributed by atoms with Gasteiger partial charge in [-0.25, -0.2) is 8.42 Å². The van der Waals surface area contributed by atoms with Crippen molar-refractivity contribution in [2.24, 2.45) is 0 Å². The number of rotatable bonds is 9. The fourth-order valence-corrected chi connectivity index (χ4v) is 4.23. The molecule has 156 valence electrons. The molecular weight excluding hydrogens is 392 g/mol. The molecule has 0 fully saturated rings. The summed E-state index contributed by atoms with van der Waals surface area (Å²) in [5, 5.41) is 2.69. The molecule has 7 nitrogen and oxygen atoms in total. The summed E-state index contributed by atoms with van der Waals surface area (Å²) in [6, 6.07) is 11.5. The lowest BCUT2D eigenvalue weighted by Crippen LogP contribution is -2.30. The van der Waals surface area contributed by atoms with Crippen LogP contribution in [0.5, 0.6) is 11.5 Å². The molecule has 2 aromatic rings. The highest BCUT2D eigenvalue weighted by Crippen LogP contribution is 2.23. The molecule has 0 saturated heterocycles. The highest BCUT2D eigenvalue weighted by molar-refractivity contribution is 7.89. The number of carbonyl (C=O) groups excluding carboxylic acids is 1. The van der Waals surface area contributed by atoms with Crippen LogP contribution in [0.2, 0.25) is 0 Å². The van der Waals surface area contributed by atoms with Crippen LogP contribution in [-0.4, -0.2) is 45.9 Å². The number of hydrogen-bond donors (Lipinski definition) is 1. The zero-order chi connectivity index (χ0) is 21.4. The number of nitrogens with one attached hydrogen (secondary N) is 1. The summed E-state index contributed by atoms with van der Waals surface area (Å²) in [7, 11) is -0.494. The van der Waals surface area contributed by atoms with Crippen molar-refractivity contribution < 1.29 is 22.7 Å². The minimum absolute atomic E-state index is 0.139. The van der Waals surface area contributed by atoms with Gasteiger partial charge in [-0.2, -0.15) is 4.31 Å². The van der Waals surface area contributed by atoms with E-state index in [2.05, 4.69) is 5.32 Å². The standard InChI is InChI=1S/C21H26N2O5S/c1-5-23(6-2)29(25,26)20-9-7-8-17(14-20)22-21(24)11-10-16-12-18(27-3)15-19(13-16)28-4/h7-15H,5-6H2,1-4H3,(H,22,24)/b11-10+. The molecule has 2 aromatic carbocycles. The predicted octanol–water partition coefficient (Wildman–Crippen LogP) is 3.39. The molecule has 0 saturated carbocycles. The van der Waals surface area contributed by atoms with E-state index in [-0.39, 0.29) is 10.8 Å². The number of carbonyl (C=O) groups is 1. The molecule has 0 heterocycles. The number of benzene rings is 2. The van der Waals surface area contributed by atoms with Crippen molar-refractivity contribution in [2.45, 2.75) is 18.7 Å². The van der Waals surface area contributed by atoms with Gasteiger partial charge in [-0.1, -0.05) is 19.9 Å². The Morgan fingerprint density at radius 3 is 2.21 bits per heavy atom. The van der Waals surface area contributed by atoms with Gasteiger partial charge in [0.1, 0.15) is 11.5 Å². The normalized spacial score (nSPS) is 11.6. The highest BCUT2D eigenvalue weighted by Gasteiger charge is 2.21. The van der Waals surface area contributed by atoms with Crippen LogP contribution < -0.4 is 14.8 Å². The van der Waals surface area contributed by atoms with Crippen LogP contribution >= 0.6 is 0 Å². The van der Waals surface area contributed by atoms with Gasteiger partial charge < -0.3 is 14.8 Å². The van der Waals surface area contributed by atoms with E-state index in [4.69, 9.17) is 9.47 Å². The smallest absolute Gasteiger partial charge is 0.248 e. The SMILES string of the molecule is CCN(CC)S(=O)(=O)c1cccc(NC(=O)/C=C/c2cc(OC)cc(OC)c2)c1. The molecule has 2 rings (SSSR count). The van der Waals surface area contributed by atoms with Crippen molar-refractivity contribution in [2.75, 3.05) is 32.6 Å². The Balaban J connectivity index is 2.17. The Morgan fingerprint density at radius 1 is 1.03 bits per heavy atom. The van der Waals surface area contributed by atoms with Crippen LogP contribution in [0.3, 0.4) is 0 Å². The zero-order valence-corrected chi connectivity index (χ0v) is 17.8. The van der Waals surface area contributed by atoms with E-state index in [9.17, 15) is 13.2 Å². The number of hydrogen-bond acceptors (Lipinski definition) is 5. The summed E-state index contributed by atoms with van der Waals surface area (Å²) in [5.41, 5.74) is 1.13. The van der Waals surface area contributed by atoms with Crippen molar-refractivity contribution in [3.63, 3.8) is 0 Å². The summed E-state index contributed by atoms with van der Waals surface area (Å²) in [5.74, 6) is 0.835. The Bertz CT molecular complexity index is 960. The van der Waals surface area contributed by atoms with E-state index in [1.165, 1.54) is 22.5 Å². The molecule has 1 N–H and O–H groups in total. The molecule has 8 heteroatoms. The van der Waals surface area contributed by atoms with Crippen LogP contribution in [0.1, 0.15) is 19.4 Å². The summed E-state index contributed by atoms with van der Waals surface area (Å²) >= 11 is 0. The fourth-order valence-electron chi connectivity index (χ4n) is 2.73. The third kappa shape index (κ3) is 5.82. The van der Waals surface area contributed by atoms with E-state index >= 15 is 0 Å². The average molecular weight is 419 g/mol. The fraction of sp³-hybridized carbons (Fsp3) is 0.286. The van der Waals surface area contributed by atoms with E-state index in [1.54, 1.807) is 64.5 Å². The minimum Gasteiger partial charge on any atom is -0.497 e. The maximum Gasteiger partial charge on any atom is 0.248 e. The zero-order valence-electron chi connectivity index (χ0n) is 17.0. The van der Waals surface area contributed by atoms with E-state index in [0.717, 1.165) is 5.56 Å². The first-order valence-corrected chi connectivity index (χ1v) is 10.6. The van der Waals surface area contributed by atoms with Crippen molar-refractivity contribution in [3.8, 4) is 11.5 Å². The molecule has 29 heavy (non-hydrogen) atoms. The lowest BCUT2D eigenvalue weighted by atomic mass is 10.2. The highest BCUT2D eigenvalue weighted by atomic mass is 32.2. The molecule has 0 spiro atoms. The molecule has 0 radical (unpaired) electrons. The van der Waals surface area contributed by atoms with Gasteiger partial charge in [0, 0.05) is 30.9 Å². The topological polar surface area (TPSA) is 84.9 Å². The van der Waals surface area contributed by atoms with Gasteiger partial charge >= 0.3 is 0 Å². The minimum atomic E-state index is -3.59. The first kappa shape index (κ1) is 22.4. The van der Waals surface area contributed by atoms with Crippen LogP contribution in [-0.2, 0) is 14.8 Å². The van der Waals surface area contributed by atoms with Gasteiger partial charge in [0.15, 0.2) is 0 Å². The van der Waals surface area contributed by atoms with Crippen LogP contribution in [0.4, 0.5) is 5.69 Å². The number of sulfonamides is 1. The largest absolute Gasteiger partial charge is 0.497 e. The molecule has 0 aliphatic heterocycles. The Morgan fingerprint density at radius 2 is 1.66 bits per heavy atom. The summed E-state index contributed by atoms with van der Waals surface area (Å²) < 4.78 is 37.1. The van der Waals surface area contributed by atoms with Crippen LogP contribution in [0, 0.1) is 0 Å². The molecule has 0 unspecified atom stereocenters. The molecular formula is C21H26N2O5S. The van der Waals surface area contributed by atoms with Gasteiger partial charge in [0.25, 0.3) is 0 Å².